The number of hydrogen-bond acceptors (Lipinski definition) is 2. The third kappa shape index (κ3) is 2.42. The van der Waals surface area contributed by atoms with Gasteiger partial charge in [-0.05, 0) is 60.6 Å². The molecular weight excluding hydrogens is 305 g/mol. The third-order valence-corrected chi connectivity index (χ3v) is 3.29. The molecule has 4 heteroatoms. The van der Waals surface area contributed by atoms with Crippen LogP contribution in [0.3, 0.4) is 0 Å². The Bertz CT molecular complexity index is 413. The highest BCUT2D eigenvalue weighted by atomic mass is 127. The van der Waals surface area contributed by atoms with E-state index in [0.29, 0.717) is 5.56 Å². The molecule has 2 N–H and O–H groups in total. The van der Waals surface area contributed by atoms with Crippen LogP contribution in [0.4, 0.5) is 0 Å². The molecule has 0 bridgehead atoms. The molecule has 2 rings (SSSR count). The van der Waals surface area contributed by atoms with Gasteiger partial charge in [0, 0.05) is 9.11 Å². The molecule has 1 fully saturated rings. The van der Waals surface area contributed by atoms with Crippen molar-refractivity contribution in [2.45, 2.75) is 25.3 Å². The van der Waals surface area contributed by atoms with Gasteiger partial charge in [-0.1, -0.05) is 0 Å². The van der Waals surface area contributed by atoms with Gasteiger partial charge in [-0.15, -0.1) is 0 Å². The Kier molecular flexibility index (Phi) is 2.62. The summed E-state index contributed by atoms with van der Waals surface area (Å²) in [5.74, 6) is -0.150. The van der Waals surface area contributed by atoms with Crippen LogP contribution >= 0.6 is 22.6 Å². The number of rotatable bonds is 2. The number of carbonyl (C=O) groups excluding carboxylic acids is 1. The zero-order valence-electron chi connectivity index (χ0n) is 8.38. The number of phenols is 1. The summed E-state index contributed by atoms with van der Waals surface area (Å²) in [6.45, 7) is 2.01. The van der Waals surface area contributed by atoms with E-state index in [4.69, 9.17) is 0 Å². The van der Waals surface area contributed by atoms with Crippen molar-refractivity contribution in [2.75, 3.05) is 0 Å². The maximum absolute atomic E-state index is 11.8. The Morgan fingerprint density at radius 1 is 1.53 bits per heavy atom. The summed E-state index contributed by atoms with van der Waals surface area (Å²) in [5, 5.41) is 12.5. The monoisotopic (exact) mass is 317 g/mol. The molecule has 0 radical (unpaired) electrons. The summed E-state index contributed by atoms with van der Waals surface area (Å²) in [7, 11) is 0. The standard InChI is InChI=1S/C11H12INO2/c1-11(4-5-11)13-10(15)8-6-7(12)2-3-9(8)14/h2-3,6,14H,4-5H2,1H3,(H,13,15). The highest BCUT2D eigenvalue weighted by molar-refractivity contribution is 14.1. The predicted molar refractivity (Wildman–Crippen MR) is 65.9 cm³/mol. The van der Waals surface area contributed by atoms with Gasteiger partial charge in [-0.25, -0.2) is 0 Å². The van der Waals surface area contributed by atoms with E-state index in [2.05, 4.69) is 27.9 Å². The minimum atomic E-state index is -0.189. The van der Waals surface area contributed by atoms with Gasteiger partial charge < -0.3 is 10.4 Å². The van der Waals surface area contributed by atoms with Gasteiger partial charge in [0.05, 0.1) is 5.56 Å². The number of hydrogen-bond donors (Lipinski definition) is 2. The number of aromatic hydroxyl groups is 1. The van der Waals surface area contributed by atoms with E-state index in [9.17, 15) is 9.90 Å². The molecule has 80 valence electrons. The van der Waals surface area contributed by atoms with Crippen molar-refractivity contribution in [1.29, 1.82) is 0 Å². The first-order valence-corrected chi connectivity index (χ1v) is 5.89. The molecule has 3 nitrogen and oxygen atoms in total. The van der Waals surface area contributed by atoms with E-state index in [0.717, 1.165) is 16.4 Å². The van der Waals surface area contributed by atoms with E-state index >= 15 is 0 Å². The topological polar surface area (TPSA) is 49.3 Å². The molecule has 0 aliphatic heterocycles. The van der Waals surface area contributed by atoms with Crippen molar-refractivity contribution in [1.82, 2.24) is 5.32 Å². The average Bonchev–Trinajstić information content (AvgIpc) is 2.87. The summed E-state index contributed by atoms with van der Waals surface area (Å²) in [4.78, 5) is 11.8. The Morgan fingerprint density at radius 3 is 2.80 bits per heavy atom. The lowest BCUT2D eigenvalue weighted by Gasteiger charge is -2.12. The molecule has 1 aromatic carbocycles. The van der Waals surface area contributed by atoms with Crippen molar-refractivity contribution in [2.24, 2.45) is 0 Å². The molecule has 1 saturated carbocycles. The van der Waals surface area contributed by atoms with Crippen LogP contribution < -0.4 is 5.32 Å². The summed E-state index contributed by atoms with van der Waals surface area (Å²) >= 11 is 2.12. The van der Waals surface area contributed by atoms with Gasteiger partial charge in [-0.3, -0.25) is 4.79 Å². The summed E-state index contributed by atoms with van der Waals surface area (Å²) in [5.41, 5.74) is 0.306. The van der Waals surface area contributed by atoms with Gasteiger partial charge in [0.25, 0.3) is 5.91 Å². The van der Waals surface area contributed by atoms with E-state index in [1.807, 2.05) is 6.92 Å². The van der Waals surface area contributed by atoms with Crippen molar-refractivity contribution < 1.29 is 9.90 Å². The lowest BCUT2D eigenvalue weighted by atomic mass is 10.1. The second-order valence-corrected chi connectivity index (χ2v) is 5.42. The predicted octanol–water partition coefficient (Wildman–Crippen LogP) is 2.28. The van der Waals surface area contributed by atoms with Gasteiger partial charge in [0.1, 0.15) is 5.75 Å². The van der Waals surface area contributed by atoms with Crippen LogP contribution in [0, 0.1) is 3.57 Å². The summed E-state index contributed by atoms with van der Waals surface area (Å²) in [6.07, 6.45) is 2.03. The molecule has 1 amide bonds. The van der Waals surface area contributed by atoms with Crippen molar-refractivity contribution >= 4 is 28.5 Å². The summed E-state index contributed by atoms with van der Waals surface area (Å²) < 4.78 is 0.941. The number of carbonyl (C=O) groups is 1. The zero-order valence-corrected chi connectivity index (χ0v) is 10.5. The number of nitrogens with one attached hydrogen (secondary N) is 1. The third-order valence-electron chi connectivity index (χ3n) is 2.62. The van der Waals surface area contributed by atoms with Crippen molar-refractivity contribution in [3.8, 4) is 5.75 Å². The number of phenolic OH excluding ortho intramolecular Hbond substituents is 1. The molecule has 1 aliphatic rings. The maximum Gasteiger partial charge on any atom is 0.255 e. The molecule has 0 aromatic heterocycles. The molecule has 0 saturated heterocycles. The summed E-state index contributed by atoms with van der Waals surface area (Å²) in [6, 6.07) is 5.01. The highest BCUT2D eigenvalue weighted by Gasteiger charge is 2.39. The number of benzene rings is 1. The SMILES string of the molecule is CC1(NC(=O)c2cc(I)ccc2O)CC1. The highest BCUT2D eigenvalue weighted by Crippen LogP contribution is 2.35. The molecule has 0 spiro atoms. The molecule has 1 aromatic rings. The maximum atomic E-state index is 11.8. The van der Waals surface area contributed by atoms with Gasteiger partial charge in [0.15, 0.2) is 0 Å². The number of amides is 1. The van der Waals surface area contributed by atoms with Crippen LogP contribution in [0.25, 0.3) is 0 Å². The van der Waals surface area contributed by atoms with Gasteiger partial charge in [-0.2, -0.15) is 0 Å². The van der Waals surface area contributed by atoms with Crippen LogP contribution in [-0.4, -0.2) is 16.6 Å². The molecule has 0 unspecified atom stereocenters. The second kappa shape index (κ2) is 3.66. The molecule has 0 heterocycles. The van der Waals surface area contributed by atoms with E-state index in [1.165, 1.54) is 0 Å². The minimum absolute atomic E-state index is 0.0390. The fourth-order valence-electron chi connectivity index (χ4n) is 1.34. The molecule has 0 atom stereocenters. The van der Waals surface area contributed by atoms with Gasteiger partial charge in [0.2, 0.25) is 0 Å². The quantitative estimate of drug-likeness (QED) is 0.822. The first-order chi connectivity index (χ1) is 7.00. The van der Waals surface area contributed by atoms with Crippen LogP contribution in [0.1, 0.15) is 30.1 Å². The second-order valence-electron chi connectivity index (χ2n) is 4.18. The minimum Gasteiger partial charge on any atom is -0.507 e. The van der Waals surface area contributed by atoms with Crippen molar-refractivity contribution in [3.63, 3.8) is 0 Å². The lowest BCUT2D eigenvalue weighted by Crippen LogP contribution is -2.34. The number of halogens is 1. The Hall–Kier alpha value is -0.780. The van der Waals surface area contributed by atoms with Crippen molar-refractivity contribution in [3.05, 3.63) is 27.3 Å². The Morgan fingerprint density at radius 2 is 2.20 bits per heavy atom. The van der Waals surface area contributed by atoms with Gasteiger partial charge >= 0.3 is 0 Å². The van der Waals surface area contributed by atoms with Crippen LogP contribution in [0.15, 0.2) is 18.2 Å². The molecular formula is C11H12INO2. The fraction of sp³-hybridized carbons (Fsp3) is 0.364. The molecule has 15 heavy (non-hydrogen) atoms. The molecule has 1 aliphatic carbocycles. The van der Waals surface area contributed by atoms with E-state index < -0.39 is 0 Å². The lowest BCUT2D eigenvalue weighted by molar-refractivity contribution is 0.0932. The Balaban J connectivity index is 2.21. The van der Waals surface area contributed by atoms with E-state index in [-0.39, 0.29) is 17.2 Å². The average molecular weight is 317 g/mol. The normalized spacial score (nSPS) is 17.2. The first-order valence-electron chi connectivity index (χ1n) is 4.81. The van der Waals surface area contributed by atoms with Crippen LogP contribution in [-0.2, 0) is 0 Å². The Labute approximate surface area is 102 Å². The smallest absolute Gasteiger partial charge is 0.255 e. The zero-order chi connectivity index (χ0) is 11.1. The van der Waals surface area contributed by atoms with Crippen LogP contribution in [0.5, 0.6) is 5.75 Å². The van der Waals surface area contributed by atoms with Crippen LogP contribution in [0.2, 0.25) is 0 Å². The van der Waals surface area contributed by atoms with E-state index in [1.54, 1.807) is 18.2 Å². The first kappa shape index (κ1) is 10.7. The fourth-order valence-corrected chi connectivity index (χ4v) is 1.84. The largest absolute Gasteiger partial charge is 0.507 e.